The Kier molecular flexibility index (Phi) is 6.61. The molecule has 4 aromatic rings. The van der Waals surface area contributed by atoms with Crippen molar-refractivity contribution in [2.75, 3.05) is 11.1 Å². The predicted molar refractivity (Wildman–Crippen MR) is 127 cm³/mol. The van der Waals surface area contributed by atoms with E-state index in [2.05, 4.69) is 21.6 Å². The number of aromatic nitrogens is 3. The lowest BCUT2D eigenvalue weighted by molar-refractivity contribution is -0.113. The van der Waals surface area contributed by atoms with Crippen molar-refractivity contribution in [1.29, 1.82) is 0 Å². The molecule has 8 heteroatoms. The van der Waals surface area contributed by atoms with Gasteiger partial charge in [0.05, 0.1) is 21.5 Å². The maximum absolute atomic E-state index is 12.6. The van der Waals surface area contributed by atoms with Crippen molar-refractivity contribution >= 4 is 46.6 Å². The maximum Gasteiger partial charge on any atom is 0.234 e. The Hall–Kier alpha value is -2.80. The third-order valence-electron chi connectivity index (χ3n) is 4.48. The van der Waals surface area contributed by atoms with Gasteiger partial charge in [0.25, 0.3) is 0 Å². The van der Waals surface area contributed by atoms with Gasteiger partial charge in [-0.25, -0.2) is 0 Å². The SMILES string of the molecule is Cc1cccc(-c2nnc(SCC(=O)Nc3c(Cl)cccc3Cl)n2-c2ccccc2)c1. The summed E-state index contributed by atoms with van der Waals surface area (Å²) in [6.45, 7) is 2.03. The van der Waals surface area contributed by atoms with E-state index in [0.717, 1.165) is 16.8 Å². The first-order valence-electron chi connectivity index (χ1n) is 9.47. The van der Waals surface area contributed by atoms with Gasteiger partial charge in [0.15, 0.2) is 11.0 Å². The van der Waals surface area contributed by atoms with E-state index in [0.29, 0.717) is 26.7 Å². The van der Waals surface area contributed by atoms with E-state index in [-0.39, 0.29) is 11.7 Å². The average molecular weight is 469 g/mol. The summed E-state index contributed by atoms with van der Waals surface area (Å²) in [7, 11) is 0. The van der Waals surface area contributed by atoms with Crippen molar-refractivity contribution in [2.45, 2.75) is 12.1 Å². The van der Waals surface area contributed by atoms with Crippen molar-refractivity contribution in [3.05, 3.63) is 88.4 Å². The zero-order chi connectivity index (χ0) is 21.8. The van der Waals surface area contributed by atoms with Crippen molar-refractivity contribution in [2.24, 2.45) is 0 Å². The normalized spacial score (nSPS) is 10.8. The Morgan fingerprint density at radius 3 is 2.39 bits per heavy atom. The highest BCUT2D eigenvalue weighted by molar-refractivity contribution is 7.99. The molecule has 0 saturated carbocycles. The number of hydrogen-bond donors (Lipinski definition) is 1. The molecule has 0 fully saturated rings. The van der Waals surface area contributed by atoms with Gasteiger partial charge in [0.1, 0.15) is 0 Å². The third kappa shape index (κ3) is 4.93. The third-order valence-corrected chi connectivity index (χ3v) is 6.04. The Balaban J connectivity index is 1.61. The number of aryl methyl sites for hydroxylation is 1. The second-order valence-corrected chi connectivity index (χ2v) is 8.54. The minimum absolute atomic E-state index is 0.125. The first kappa shape index (κ1) is 21.4. The van der Waals surface area contributed by atoms with Crippen LogP contribution in [0.25, 0.3) is 17.1 Å². The lowest BCUT2D eigenvalue weighted by atomic mass is 10.1. The van der Waals surface area contributed by atoms with Gasteiger partial charge in [0, 0.05) is 11.3 Å². The highest BCUT2D eigenvalue weighted by Gasteiger charge is 2.18. The van der Waals surface area contributed by atoms with E-state index in [1.807, 2.05) is 60.0 Å². The first-order valence-corrected chi connectivity index (χ1v) is 11.2. The molecule has 0 radical (unpaired) electrons. The highest BCUT2D eigenvalue weighted by atomic mass is 35.5. The van der Waals surface area contributed by atoms with E-state index in [1.54, 1.807) is 18.2 Å². The molecule has 1 heterocycles. The molecule has 0 bridgehead atoms. The monoisotopic (exact) mass is 468 g/mol. The molecule has 0 atom stereocenters. The Morgan fingerprint density at radius 2 is 1.68 bits per heavy atom. The van der Waals surface area contributed by atoms with E-state index in [4.69, 9.17) is 23.2 Å². The molecule has 5 nitrogen and oxygen atoms in total. The molecular formula is C23H18Cl2N4OS. The summed E-state index contributed by atoms with van der Waals surface area (Å²) < 4.78 is 1.95. The van der Waals surface area contributed by atoms with Crippen LogP contribution in [0.1, 0.15) is 5.56 Å². The largest absolute Gasteiger partial charge is 0.323 e. The lowest BCUT2D eigenvalue weighted by Gasteiger charge is -2.11. The van der Waals surface area contributed by atoms with Crippen LogP contribution in [-0.4, -0.2) is 26.4 Å². The van der Waals surface area contributed by atoms with Crippen LogP contribution in [0.2, 0.25) is 10.0 Å². The number of amides is 1. The van der Waals surface area contributed by atoms with Crippen molar-refractivity contribution in [1.82, 2.24) is 14.8 Å². The number of rotatable bonds is 6. The van der Waals surface area contributed by atoms with E-state index in [9.17, 15) is 4.79 Å². The van der Waals surface area contributed by atoms with Crippen molar-refractivity contribution in [3.63, 3.8) is 0 Å². The Labute approximate surface area is 194 Å². The van der Waals surface area contributed by atoms with E-state index >= 15 is 0 Å². The first-order chi connectivity index (χ1) is 15.0. The molecular weight excluding hydrogens is 451 g/mol. The molecule has 1 aromatic heterocycles. The number of nitrogens with one attached hydrogen (secondary N) is 1. The van der Waals surface area contributed by atoms with Crippen LogP contribution in [-0.2, 0) is 4.79 Å². The molecule has 4 rings (SSSR count). The van der Waals surface area contributed by atoms with Gasteiger partial charge < -0.3 is 5.32 Å². The zero-order valence-corrected chi connectivity index (χ0v) is 18.9. The average Bonchev–Trinajstić information content (AvgIpc) is 3.20. The van der Waals surface area contributed by atoms with Gasteiger partial charge in [-0.3, -0.25) is 9.36 Å². The second-order valence-electron chi connectivity index (χ2n) is 6.78. The van der Waals surface area contributed by atoms with Gasteiger partial charge in [-0.05, 0) is 37.3 Å². The summed E-state index contributed by atoms with van der Waals surface area (Å²) in [5, 5.41) is 12.9. The number of carbonyl (C=O) groups excluding carboxylic acids is 1. The number of anilines is 1. The highest BCUT2D eigenvalue weighted by Crippen LogP contribution is 2.31. The van der Waals surface area contributed by atoms with Crippen LogP contribution in [0, 0.1) is 6.92 Å². The van der Waals surface area contributed by atoms with Crippen LogP contribution in [0.4, 0.5) is 5.69 Å². The summed E-state index contributed by atoms with van der Waals surface area (Å²) in [6, 6.07) is 23.0. The second kappa shape index (κ2) is 9.56. The van der Waals surface area contributed by atoms with Gasteiger partial charge in [-0.2, -0.15) is 0 Å². The topological polar surface area (TPSA) is 59.8 Å². The number of thioether (sulfide) groups is 1. The standard InChI is InChI=1S/C23H18Cl2N4OS/c1-15-7-5-8-16(13-15)22-27-28-23(29(22)17-9-3-2-4-10-17)31-14-20(30)26-21-18(24)11-6-12-19(21)25/h2-13H,14H2,1H3,(H,26,30). The molecule has 1 amide bonds. The van der Waals surface area contributed by atoms with Crippen LogP contribution in [0.15, 0.2) is 78.0 Å². The smallest absolute Gasteiger partial charge is 0.234 e. The molecule has 0 unspecified atom stereocenters. The number of para-hydroxylation sites is 2. The Bertz CT molecular complexity index is 1210. The van der Waals surface area contributed by atoms with Gasteiger partial charge in [-0.1, -0.05) is 83.0 Å². The van der Waals surface area contributed by atoms with Gasteiger partial charge >= 0.3 is 0 Å². The molecule has 1 N–H and O–H groups in total. The minimum Gasteiger partial charge on any atom is -0.323 e. The molecule has 156 valence electrons. The van der Waals surface area contributed by atoms with Crippen LogP contribution >= 0.6 is 35.0 Å². The Morgan fingerprint density at radius 1 is 0.968 bits per heavy atom. The van der Waals surface area contributed by atoms with Crippen LogP contribution in [0.5, 0.6) is 0 Å². The van der Waals surface area contributed by atoms with Crippen LogP contribution < -0.4 is 5.32 Å². The quantitative estimate of drug-likeness (QED) is 0.338. The molecule has 0 aliphatic heterocycles. The van der Waals surface area contributed by atoms with E-state index in [1.165, 1.54) is 11.8 Å². The molecule has 0 saturated heterocycles. The van der Waals surface area contributed by atoms with Crippen molar-refractivity contribution < 1.29 is 4.79 Å². The zero-order valence-electron chi connectivity index (χ0n) is 16.5. The minimum atomic E-state index is -0.236. The fourth-order valence-corrected chi connectivity index (χ4v) is 4.31. The van der Waals surface area contributed by atoms with Gasteiger partial charge in [-0.15, -0.1) is 10.2 Å². The predicted octanol–water partition coefficient (Wildman–Crippen LogP) is 6.28. The molecule has 0 aliphatic carbocycles. The van der Waals surface area contributed by atoms with Gasteiger partial charge in [0.2, 0.25) is 5.91 Å². The number of nitrogens with zero attached hydrogens (tertiary/aromatic N) is 3. The molecule has 0 spiro atoms. The summed E-state index contributed by atoms with van der Waals surface area (Å²) in [4.78, 5) is 12.6. The molecule has 31 heavy (non-hydrogen) atoms. The number of carbonyl (C=O) groups is 1. The summed E-state index contributed by atoms with van der Waals surface area (Å²) in [5.41, 5.74) is 3.41. The number of hydrogen-bond acceptors (Lipinski definition) is 4. The van der Waals surface area contributed by atoms with Crippen molar-refractivity contribution in [3.8, 4) is 17.1 Å². The molecule has 3 aromatic carbocycles. The summed E-state index contributed by atoms with van der Waals surface area (Å²) in [5.74, 6) is 0.604. The summed E-state index contributed by atoms with van der Waals surface area (Å²) >= 11 is 13.6. The van der Waals surface area contributed by atoms with E-state index < -0.39 is 0 Å². The molecule has 0 aliphatic rings. The number of benzene rings is 3. The maximum atomic E-state index is 12.6. The number of halogens is 2. The lowest BCUT2D eigenvalue weighted by Crippen LogP contribution is -2.15. The van der Waals surface area contributed by atoms with Crippen LogP contribution in [0.3, 0.4) is 0 Å². The summed E-state index contributed by atoms with van der Waals surface area (Å²) in [6.07, 6.45) is 0. The fourth-order valence-electron chi connectivity index (χ4n) is 3.07. The fraction of sp³-hybridized carbons (Fsp3) is 0.0870.